The summed E-state index contributed by atoms with van der Waals surface area (Å²) in [6.07, 6.45) is 2.51. The average molecular weight is 355 g/mol. The van der Waals surface area contributed by atoms with Gasteiger partial charge in [-0.25, -0.2) is 5.43 Å². The van der Waals surface area contributed by atoms with Gasteiger partial charge in [0, 0.05) is 10.9 Å². The van der Waals surface area contributed by atoms with E-state index in [1.807, 2.05) is 12.1 Å². The molecule has 1 aliphatic rings. The van der Waals surface area contributed by atoms with E-state index in [0.717, 1.165) is 12.0 Å². The second-order valence-corrected chi connectivity index (χ2v) is 8.04. The Kier molecular flexibility index (Phi) is 4.96. The molecule has 0 saturated heterocycles. The van der Waals surface area contributed by atoms with Gasteiger partial charge in [-0.15, -0.1) is 0 Å². The van der Waals surface area contributed by atoms with Gasteiger partial charge in [-0.1, -0.05) is 68.8 Å². The van der Waals surface area contributed by atoms with Crippen LogP contribution >= 0.6 is 11.6 Å². The Bertz CT molecular complexity index is 773. The third-order valence-corrected chi connectivity index (χ3v) is 4.84. The van der Waals surface area contributed by atoms with Gasteiger partial charge < -0.3 is 0 Å². The number of nitrogens with one attached hydrogen (secondary N) is 1. The fourth-order valence-electron chi connectivity index (χ4n) is 2.89. The Labute approximate surface area is 154 Å². The van der Waals surface area contributed by atoms with E-state index in [9.17, 15) is 4.79 Å². The molecule has 3 nitrogen and oxygen atoms in total. The van der Waals surface area contributed by atoms with Crippen LogP contribution in [0, 0.1) is 5.92 Å². The smallest absolute Gasteiger partial charge is 0.243 e. The van der Waals surface area contributed by atoms with Crippen molar-refractivity contribution in [1.82, 2.24) is 5.43 Å². The molecule has 0 spiro atoms. The number of carbonyl (C=O) groups excluding carboxylic acids is 1. The summed E-state index contributed by atoms with van der Waals surface area (Å²) in [7, 11) is 0. The van der Waals surface area contributed by atoms with Crippen molar-refractivity contribution in [2.45, 2.75) is 38.5 Å². The van der Waals surface area contributed by atoms with E-state index < -0.39 is 0 Å². The molecule has 1 fully saturated rings. The minimum atomic E-state index is -0.0184. The number of nitrogens with zero attached hydrogens (tertiary/aromatic N) is 1. The first kappa shape index (κ1) is 17.7. The summed E-state index contributed by atoms with van der Waals surface area (Å²) in [5.74, 6) is 0.303. The predicted molar refractivity (Wildman–Crippen MR) is 103 cm³/mol. The van der Waals surface area contributed by atoms with E-state index in [0.29, 0.717) is 10.9 Å². The van der Waals surface area contributed by atoms with E-state index in [4.69, 9.17) is 11.6 Å². The molecule has 2 atom stereocenters. The molecule has 0 radical (unpaired) electrons. The van der Waals surface area contributed by atoms with Crippen molar-refractivity contribution in [3.05, 3.63) is 70.2 Å². The van der Waals surface area contributed by atoms with Gasteiger partial charge in [-0.05, 0) is 46.6 Å². The second kappa shape index (κ2) is 7.01. The molecule has 25 heavy (non-hydrogen) atoms. The standard InChI is InChI=1S/C21H23ClN2O/c1-21(2,3)16-8-6-15(7-9-16)18-12-19(18)20(25)24-23-13-14-4-10-17(22)11-5-14/h4-11,13,18-19H,12H2,1-3H3,(H,24,25)/b23-13+. The van der Waals surface area contributed by atoms with Crippen molar-refractivity contribution in [1.29, 1.82) is 0 Å². The highest BCUT2D eigenvalue weighted by atomic mass is 35.5. The summed E-state index contributed by atoms with van der Waals surface area (Å²) in [5.41, 5.74) is 6.23. The molecular weight excluding hydrogens is 332 g/mol. The third-order valence-electron chi connectivity index (χ3n) is 4.59. The molecule has 3 rings (SSSR count). The number of amides is 1. The van der Waals surface area contributed by atoms with Crippen LogP contribution in [0.3, 0.4) is 0 Å². The molecule has 0 aliphatic heterocycles. The van der Waals surface area contributed by atoms with Gasteiger partial charge in [-0.2, -0.15) is 5.10 Å². The summed E-state index contributed by atoms with van der Waals surface area (Å²) in [6.45, 7) is 6.61. The molecule has 1 saturated carbocycles. The quantitative estimate of drug-likeness (QED) is 0.616. The Morgan fingerprint density at radius 2 is 1.76 bits per heavy atom. The first-order chi connectivity index (χ1) is 11.8. The third kappa shape index (κ3) is 4.49. The molecule has 0 heterocycles. The van der Waals surface area contributed by atoms with Crippen molar-refractivity contribution in [3.63, 3.8) is 0 Å². The van der Waals surface area contributed by atoms with Crippen molar-refractivity contribution in [2.75, 3.05) is 0 Å². The highest BCUT2D eigenvalue weighted by Gasteiger charge is 2.43. The van der Waals surface area contributed by atoms with E-state index in [2.05, 4.69) is 55.6 Å². The lowest BCUT2D eigenvalue weighted by Crippen LogP contribution is -2.20. The van der Waals surface area contributed by atoms with Crippen molar-refractivity contribution < 1.29 is 4.79 Å². The van der Waals surface area contributed by atoms with Gasteiger partial charge >= 0.3 is 0 Å². The predicted octanol–water partition coefficient (Wildman–Crippen LogP) is 4.89. The summed E-state index contributed by atoms with van der Waals surface area (Å²) >= 11 is 5.84. The lowest BCUT2D eigenvalue weighted by Gasteiger charge is -2.19. The minimum absolute atomic E-state index is 0.0165. The Hall–Kier alpha value is -2.13. The maximum Gasteiger partial charge on any atom is 0.243 e. The zero-order valence-corrected chi connectivity index (χ0v) is 15.5. The number of hydrogen-bond donors (Lipinski definition) is 1. The van der Waals surface area contributed by atoms with Crippen LogP contribution in [0.25, 0.3) is 0 Å². The minimum Gasteiger partial charge on any atom is -0.273 e. The maximum atomic E-state index is 12.2. The molecule has 1 N–H and O–H groups in total. The Balaban J connectivity index is 1.54. The van der Waals surface area contributed by atoms with Crippen LogP contribution in [0.2, 0.25) is 5.02 Å². The summed E-state index contributed by atoms with van der Waals surface area (Å²) < 4.78 is 0. The first-order valence-corrected chi connectivity index (χ1v) is 8.91. The highest BCUT2D eigenvalue weighted by Crippen LogP contribution is 2.47. The van der Waals surface area contributed by atoms with E-state index in [1.165, 1.54) is 11.1 Å². The van der Waals surface area contributed by atoms with Gasteiger partial charge in [0.05, 0.1) is 6.21 Å². The molecule has 0 bridgehead atoms. The number of hydrazone groups is 1. The molecular formula is C21H23ClN2O. The molecule has 0 aromatic heterocycles. The number of halogens is 1. The van der Waals surface area contributed by atoms with Crippen molar-refractivity contribution >= 4 is 23.7 Å². The second-order valence-electron chi connectivity index (χ2n) is 7.61. The molecule has 1 amide bonds. The van der Waals surface area contributed by atoms with Crippen molar-refractivity contribution in [3.8, 4) is 0 Å². The van der Waals surface area contributed by atoms with Gasteiger partial charge in [0.25, 0.3) is 0 Å². The maximum absolute atomic E-state index is 12.2. The molecule has 2 aromatic rings. The zero-order valence-electron chi connectivity index (χ0n) is 14.8. The van der Waals surface area contributed by atoms with Crippen LogP contribution in [0.15, 0.2) is 53.6 Å². The number of benzene rings is 2. The first-order valence-electron chi connectivity index (χ1n) is 8.53. The monoisotopic (exact) mass is 354 g/mol. The molecule has 2 aromatic carbocycles. The number of carbonyl (C=O) groups is 1. The number of rotatable bonds is 4. The van der Waals surface area contributed by atoms with Crippen LogP contribution in [-0.4, -0.2) is 12.1 Å². The van der Waals surface area contributed by atoms with Crippen LogP contribution < -0.4 is 5.43 Å². The molecule has 4 heteroatoms. The summed E-state index contributed by atoms with van der Waals surface area (Å²) in [6, 6.07) is 15.9. The Morgan fingerprint density at radius 3 is 2.36 bits per heavy atom. The lowest BCUT2D eigenvalue weighted by atomic mass is 9.86. The molecule has 130 valence electrons. The van der Waals surface area contributed by atoms with Crippen LogP contribution in [0.1, 0.15) is 49.8 Å². The average Bonchev–Trinajstić information content (AvgIpc) is 3.37. The summed E-state index contributed by atoms with van der Waals surface area (Å²) in [4.78, 5) is 12.2. The summed E-state index contributed by atoms with van der Waals surface area (Å²) in [5, 5.41) is 4.72. The molecule has 1 aliphatic carbocycles. The molecule has 2 unspecified atom stereocenters. The lowest BCUT2D eigenvalue weighted by molar-refractivity contribution is -0.122. The van der Waals surface area contributed by atoms with Crippen LogP contribution in [0.5, 0.6) is 0 Å². The fourth-order valence-corrected chi connectivity index (χ4v) is 3.01. The van der Waals surface area contributed by atoms with Gasteiger partial charge in [0.1, 0.15) is 0 Å². The van der Waals surface area contributed by atoms with Crippen molar-refractivity contribution in [2.24, 2.45) is 11.0 Å². The number of hydrogen-bond acceptors (Lipinski definition) is 2. The largest absolute Gasteiger partial charge is 0.273 e. The van der Waals surface area contributed by atoms with Gasteiger partial charge in [0.15, 0.2) is 0 Å². The van der Waals surface area contributed by atoms with Gasteiger partial charge in [-0.3, -0.25) is 4.79 Å². The van der Waals surface area contributed by atoms with E-state index >= 15 is 0 Å². The topological polar surface area (TPSA) is 41.5 Å². The SMILES string of the molecule is CC(C)(C)c1ccc(C2CC2C(=O)N/N=C/c2ccc(Cl)cc2)cc1. The fraction of sp³-hybridized carbons (Fsp3) is 0.333. The van der Waals surface area contributed by atoms with E-state index in [-0.39, 0.29) is 17.2 Å². The van der Waals surface area contributed by atoms with E-state index in [1.54, 1.807) is 18.3 Å². The normalized spacial score (nSPS) is 19.8. The van der Waals surface area contributed by atoms with Crippen LogP contribution in [-0.2, 0) is 10.2 Å². The van der Waals surface area contributed by atoms with Crippen LogP contribution in [0.4, 0.5) is 0 Å². The Morgan fingerprint density at radius 1 is 1.12 bits per heavy atom. The zero-order chi connectivity index (χ0) is 18.0. The highest BCUT2D eigenvalue weighted by molar-refractivity contribution is 6.30. The van der Waals surface area contributed by atoms with Gasteiger partial charge in [0.2, 0.25) is 5.91 Å².